The number of hydrogen-bond acceptors (Lipinski definition) is 5. The highest BCUT2D eigenvalue weighted by molar-refractivity contribution is 5.13. The van der Waals surface area contributed by atoms with E-state index in [2.05, 4.69) is 20.8 Å². The molecular formula is C30H56N2O3. The van der Waals surface area contributed by atoms with E-state index in [1.165, 1.54) is 51.4 Å². The molecule has 10 atom stereocenters. The zero-order valence-electron chi connectivity index (χ0n) is 23.1. The fourth-order valence-electron chi connectivity index (χ4n) is 9.77. The van der Waals surface area contributed by atoms with Crippen molar-refractivity contribution in [1.29, 1.82) is 0 Å². The molecule has 0 amide bonds. The second-order valence-corrected chi connectivity index (χ2v) is 13.2. The molecule has 0 aromatic carbocycles. The largest absolute Gasteiger partial charge is 0.396 e. The van der Waals surface area contributed by atoms with Crippen LogP contribution in [0.5, 0.6) is 0 Å². The van der Waals surface area contributed by atoms with E-state index in [0.717, 1.165) is 69.1 Å². The quantitative estimate of drug-likeness (QED) is 0.329. The van der Waals surface area contributed by atoms with E-state index in [1.54, 1.807) is 0 Å². The number of nitrogens with two attached hydrogens (primary N) is 2. The van der Waals surface area contributed by atoms with Gasteiger partial charge >= 0.3 is 0 Å². The summed E-state index contributed by atoms with van der Waals surface area (Å²) in [7, 11) is 0. The second kappa shape index (κ2) is 12.1. The molecule has 5 heteroatoms. The van der Waals surface area contributed by atoms with Crippen LogP contribution in [0.15, 0.2) is 0 Å². The van der Waals surface area contributed by atoms with Crippen molar-refractivity contribution in [2.45, 2.75) is 110 Å². The minimum Gasteiger partial charge on any atom is -0.396 e. The van der Waals surface area contributed by atoms with Crippen molar-refractivity contribution in [3.8, 4) is 0 Å². The number of ether oxygens (including phenoxy) is 2. The van der Waals surface area contributed by atoms with Crippen LogP contribution in [0.1, 0.15) is 97.8 Å². The van der Waals surface area contributed by atoms with Crippen molar-refractivity contribution in [2.24, 2.45) is 57.8 Å². The molecule has 0 spiro atoms. The zero-order valence-corrected chi connectivity index (χ0v) is 23.1. The van der Waals surface area contributed by atoms with Gasteiger partial charge in [-0.1, -0.05) is 20.8 Å². The minimum absolute atomic E-state index is 0.260. The first-order valence-electron chi connectivity index (χ1n) is 15.1. The standard InChI is InChI=1S/C30H56N2O3/c1-21(7-4-16-33)25-10-11-26-24-9-8-22-19-23(34-17-5-14-31)12-13-29(22,2)27(24)20-28(30(25,26)3)35-18-6-15-32/h21-28,33H,4-20,31-32H2,1-3H3/t21-,22?,23-,24?,25?,26+,27+,28+,29+,30-/m1/s1. The topological polar surface area (TPSA) is 90.7 Å². The molecule has 0 radical (unpaired) electrons. The summed E-state index contributed by atoms with van der Waals surface area (Å²) in [5, 5.41) is 9.47. The van der Waals surface area contributed by atoms with Gasteiger partial charge in [-0.05, 0) is 136 Å². The van der Waals surface area contributed by atoms with Crippen molar-refractivity contribution in [3.05, 3.63) is 0 Å². The monoisotopic (exact) mass is 492 g/mol. The Morgan fingerprint density at radius 2 is 1.63 bits per heavy atom. The van der Waals surface area contributed by atoms with Crippen LogP contribution in [0, 0.1) is 46.3 Å². The van der Waals surface area contributed by atoms with Crippen molar-refractivity contribution < 1.29 is 14.6 Å². The third-order valence-corrected chi connectivity index (χ3v) is 11.6. The molecule has 35 heavy (non-hydrogen) atoms. The summed E-state index contributed by atoms with van der Waals surface area (Å²) in [6.45, 7) is 11.1. The fraction of sp³-hybridized carbons (Fsp3) is 1.00. The first-order valence-corrected chi connectivity index (χ1v) is 15.1. The Kier molecular flexibility index (Phi) is 9.63. The van der Waals surface area contributed by atoms with Crippen LogP contribution >= 0.6 is 0 Å². The maximum absolute atomic E-state index is 9.47. The molecule has 0 saturated heterocycles. The van der Waals surface area contributed by atoms with Gasteiger partial charge < -0.3 is 26.0 Å². The lowest BCUT2D eigenvalue weighted by Gasteiger charge is -2.63. The van der Waals surface area contributed by atoms with Crippen molar-refractivity contribution in [3.63, 3.8) is 0 Å². The van der Waals surface area contributed by atoms with Crippen LogP contribution in [0.25, 0.3) is 0 Å². The van der Waals surface area contributed by atoms with Crippen LogP contribution in [-0.2, 0) is 9.47 Å². The van der Waals surface area contributed by atoms with E-state index in [0.29, 0.717) is 42.6 Å². The average molecular weight is 493 g/mol. The Labute approximate surface area is 215 Å². The summed E-state index contributed by atoms with van der Waals surface area (Å²) in [5.74, 6) is 4.55. The maximum atomic E-state index is 9.47. The molecule has 4 aliphatic carbocycles. The molecule has 5 nitrogen and oxygen atoms in total. The number of fused-ring (bicyclic) bond motifs is 5. The maximum Gasteiger partial charge on any atom is 0.0637 e. The van der Waals surface area contributed by atoms with Crippen molar-refractivity contribution in [2.75, 3.05) is 32.9 Å². The molecule has 204 valence electrons. The lowest BCUT2D eigenvalue weighted by Crippen LogP contribution is -2.59. The third-order valence-electron chi connectivity index (χ3n) is 11.6. The van der Waals surface area contributed by atoms with Gasteiger partial charge in [0.15, 0.2) is 0 Å². The molecule has 0 aromatic rings. The molecule has 0 aliphatic heterocycles. The van der Waals surface area contributed by atoms with Gasteiger partial charge in [-0.25, -0.2) is 0 Å². The number of hydrogen-bond donors (Lipinski definition) is 3. The SMILES string of the molecule is C[C@H](CCCO)C1CC[C@H]2C3CCC4C[C@H](OCCCN)CC[C@]4(C)[C@H]3C[C@H](OCCCN)[C@]12C. The summed E-state index contributed by atoms with van der Waals surface area (Å²) >= 11 is 0. The molecule has 0 aromatic heterocycles. The molecule has 4 aliphatic rings. The summed E-state index contributed by atoms with van der Waals surface area (Å²) in [6.07, 6.45) is 15.3. The van der Waals surface area contributed by atoms with Crippen molar-refractivity contribution in [1.82, 2.24) is 0 Å². The Morgan fingerprint density at radius 1 is 0.886 bits per heavy atom. The lowest BCUT2D eigenvalue weighted by atomic mass is 9.43. The molecule has 3 unspecified atom stereocenters. The summed E-state index contributed by atoms with van der Waals surface area (Å²) < 4.78 is 13.1. The molecule has 4 fully saturated rings. The van der Waals surface area contributed by atoms with E-state index in [4.69, 9.17) is 20.9 Å². The smallest absolute Gasteiger partial charge is 0.0637 e. The van der Waals surface area contributed by atoms with Crippen LogP contribution in [-0.4, -0.2) is 50.2 Å². The van der Waals surface area contributed by atoms with Gasteiger partial charge in [-0.15, -0.1) is 0 Å². The average Bonchev–Trinajstić information content (AvgIpc) is 3.21. The van der Waals surface area contributed by atoms with Crippen LogP contribution in [0.3, 0.4) is 0 Å². The van der Waals surface area contributed by atoms with E-state index in [-0.39, 0.29) is 5.41 Å². The third kappa shape index (κ3) is 5.37. The van der Waals surface area contributed by atoms with Gasteiger partial charge in [0.25, 0.3) is 0 Å². The van der Waals surface area contributed by atoms with Gasteiger partial charge in [0.2, 0.25) is 0 Å². The van der Waals surface area contributed by atoms with Gasteiger partial charge in [0.05, 0.1) is 12.2 Å². The Balaban J connectivity index is 1.53. The summed E-state index contributed by atoms with van der Waals surface area (Å²) in [5.41, 5.74) is 12.2. The van der Waals surface area contributed by atoms with Gasteiger partial charge in [0, 0.05) is 19.8 Å². The fourth-order valence-corrected chi connectivity index (χ4v) is 9.77. The Hall–Kier alpha value is -0.200. The Bertz CT molecular complexity index is 662. The summed E-state index contributed by atoms with van der Waals surface area (Å²) in [4.78, 5) is 0. The van der Waals surface area contributed by atoms with E-state index >= 15 is 0 Å². The highest BCUT2D eigenvalue weighted by Gasteiger charge is 2.64. The van der Waals surface area contributed by atoms with Gasteiger partial charge in [-0.2, -0.15) is 0 Å². The zero-order chi connectivity index (χ0) is 25.1. The summed E-state index contributed by atoms with van der Waals surface area (Å²) in [6, 6.07) is 0. The predicted molar refractivity (Wildman–Crippen MR) is 143 cm³/mol. The van der Waals surface area contributed by atoms with Gasteiger partial charge in [0.1, 0.15) is 0 Å². The Morgan fingerprint density at radius 3 is 2.34 bits per heavy atom. The van der Waals surface area contributed by atoms with Gasteiger partial charge in [-0.3, -0.25) is 0 Å². The highest BCUT2D eigenvalue weighted by atomic mass is 16.5. The second-order valence-electron chi connectivity index (χ2n) is 13.2. The van der Waals surface area contributed by atoms with Crippen LogP contribution in [0.2, 0.25) is 0 Å². The highest BCUT2D eigenvalue weighted by Crippen LogP contribution is 2.69. The van der Waals surface area contributed by atoms with E-state index < -0.39 is 0 Å². The van der Waals surface area contributed by atoms with E-state index in [9.17, 15) is 5.11 Å². The first kappa shape index (κ1) is 27.8. The first-order chi connectivity index (χ1) is 16.9. The molecule has 0 heterocycles. The minimum atomic E-state index is 0.260. The van der Waals surface area contributed by atoms with Crippen LogP contribution in [0.4, 0.5) is 0 Å². The number of aliphatic hydroxyl groups is 1. The molecular weight excluding hydrogens is 436 g/mol. The molecule has 5 N–H and O–H groups in total. The van der Waals surface area contributed by atoms with Crippen LogP contribution < -0.4 is 11.5 Å². The molecule has 4 saturated carbocycles. The molecule has 0 bridgehead atoms. The van der Waals surface area contributed by atoms with E-state index in [1.807, 2.05) is 0 Å². The molecule has 4 rings (SSSR count). The van der Waals surface area contributed by atoms with Crippen molar-refractivity contribution >= 4 is 0 Å². The normalized spacial score (nSPS) is 43.9. The lowest BCUT2D eigenvalue weighted by molar-refractivity contribution is -0.192. The predicted octanol–water partition coefficient (Wildman–Crippen LogP) is 5.13. The number of rotatable bonds is 12. The number of aliphatic hydroxyl groups excluding tert-OH is 1.